The molecule has 0 aliphatic rings. The summed E-state index contributed by atoms with van der Waals surface area (Å²) in [6.07, 6.45) is 1.25. The largest absolute Gasteiger partial charge is 0.204 e. The van der Waals surface area contributed by atoms with Crippen LogP contribution in [0.15, 0.2) is 6.07 Å². The molecule has 0 atom stereocenters. The van der Waals surface area contributed by atoms with Gasteiger partial charge in [-0.05, 0) is 0 Å². The second-order valence-corrected chi connectivity index (χ2v) is 2.49. The smallest absolute Gasteiger partial charge is 0.200 e. The van der Waals surface area contributed by atoms with E-state index in [1.54, 1.807) is 0 Å². The quantitative estimate of drug-likeness (QED) is 0.347. The Hall–Kier alpha value is -1.13. The van der Waals surface area contributed by atoms with E-state index in [1.165, 1.54) is 6.42 Å². The van der Waals surface area contributed by atoms with Crippen molar-refractivity contribution in [3.63, 3.8) is 0 Å². The molecule has 1 aromatic carbocycles. The van der Waals surface area contributed by atoms with Gasteiger partial charge in [-0.25, -0.2) is 22.0 Å². The molecular weight excluding hydrogens is 227 g/mol. The Morgan fingerprint density at radius 3 is 1.25 bits per heavy atom. The van der Waals surface area contributed by atoms with Crippen molar-refractivity contribution in [2.75, 3.05) is 0 Å². The summed E-state index contributed by atoms with van der Waals surface area (Å²) in [6, 6.07) is -0.0618. The summed E-state index contributed by atoms with van der Waals surface area (Å²) in [7, 11) is 0. The Kier molecular flexibility index (Phi) is 9.85. The Labute approximate surface area is 92.1 Å². The molecule has 0 N–H and O–H groups in total. The Morgan fingerprint density at radius 1 is 0.750 bits per heavy atom. The molecule has 0 aliphatic heterocycles. The van der Waals surface area contributed by atoms with E-state index in [-0.39, 0.29) is 6.07 Å². The predicted molar refractivity (Wildman–Crippen MR) is 53.5 cm³/mol. The van der Waals surface area contributed by atoms with Gasteiger partial charge in [0.1, 0.15) is 0 Å². The number of halogens is 5. The molecule has 0 saturated carbocycles. The first-order valence-corrected chi connectivity index (χ1v) is 4.94. The molecule has 0 fully saturated rings. The highest BCUT2D eigenvalue weighted by molar-refractivity contribution is 5.12. The van der Waals surface area contributed by atoms with Gasteiger partial charge in [-0.1, -0.05) is 34.1 Å². The molecule has 0 radical (unpaired) electrons. The number of rotatable bonds is 0. The zero-order chi connectivity index (χ0) is 13.3. The van der Waals surface area contributed by atoms with Gasteiger partial charge in [-0.15, -0.1) is 0 Å². The highest BCUT2D eigenvalue weighted by atomic mass is 19.2. The van der Waals surface area contributed by atoms with Crippen LogP contribution in [0, 0.1) is 29.1 Å². The van der Waals surface area contributed by atoms with Crippen LogP contribution in [0.3, 0.4) is 0 Å². The van der Waals surface area contributed by atoms with E-state index in [0.717, 1.165) is 0 Å². The van der Waals surface area contributed by atoms with E-state index < -0.39 is 29.1 Å². The summed E-state index contributed by atoms with van der Waals surface area (Å²) in [4.78, 5) is 0. The lowest BCUT2D eigenvalue weighted by Crippen LogP contribution is -1.98. The highest BCUT2D eigenvalue weighted by Crippen LogP contribution is 2.16. The minimum Gasteiger partial charge on any atom is -0.204 e. The molecule has 0 bridgehead atoms. The predicted octanol–water partition coefficient (Wildman–Crippen LogP) is 4.82. The fourth-order valence-corrected chi connectivity index (χ4v) is 0.544. The second kappa shape index (κ2) is 9.12. The molecule has 0 nitrogen and oxygen atoms in total. The van der Waals surface area contributed by atoms with Gasteiger partial charge < -0.3 is 0 Å². The van der Waals surface area contributed by atoms with Gasteiger partial charge in [0.15, 0.2) is 23.3 Å². The highest BCUT2D eigenvalue weighted by Gasteiger charge is 2.18. The van der Waals surface area contributed by atoms with Crippen molar-refractivity contribution < 1.29 is 22.0 Å². The van der Waals surface area contributed by atoms with Crippen LogP contribution in [0.5, 0.6) is 0 Å². The summed E-state index contributed by atoms with van der Waals surface area (Å²) in [6.45, 7) is 8.25. The Bertz CT molecular complexity index is 283. The molecule has 94 valence electrons. The maximum Gasteiger partial charge on any atom is 0.200 e. The minimum atomic E-state index is -2.14. The normalized spacial score (nSPS) is 8.56. The van der Waals surface area contributed by atoms with E-state index in [0.29, 0.717) is 0 Å². The monoisotopic (exact) mass is 242 g/mol. The van der Waals surface area contributed by atoms with Gasteiger partial charge in [0.05, 0.1) is 0 Å². The SMILES string of the molecule is CC.CCC.Fc1cc(F)c(F)c(F)c1F. The minimum absolute atomic E-state index is 0.0618. The third-order valence-electron chi connectivity index (χ3n) is 1.06. The second-order valence-electron chi connectivity index (χ2n) is 2.49. The maximum atomic E-state index is 12.0. The molecule has 0 amide bonds. The van der Waals surface area contributed by atoms with Gasteiger partial charge in [-0.2, -0.15) is 0 Å². The molecule has 5 heteroatoms. The fraction of sp³-hybridized carbons (Fsp3) is 0.455. The van der Waals surface area contributed by atoms with Crippen molar-refractivity contribution in [1.82, 2.24) is 0 Å². The summed E-state index contributed by atoms with van der Waals surface area (Å²) < 4.78 is 60.0. The molecule has 16 heavy (non-hydrogen) atoms. The van der Waals surface area contributed by atoms with Crippen LogP contribution in [-0.2, 0) is 0 Å². The molecule has 0 heterocycles. The zero-order valence-corrected chi connectivity index (χ0v) is 9.67. The molecule has 0 spiro atoms. The van der Waals surface area contributed by atoms with Crippen LogP contribution in [-0.4, -0.2) is 0 Å². The van der Waals surface area contributed by atoms with Crippen LogP contribution in [0.25, 0.3) is 0 Å². The Balaban J connectivity index is 0. The average Bonchev–Trinajstić information content (AvgIpc) is 2.28. The molecule has 1 aromatic rings. The fourth-order valence-electron chi connectivity index (χ4n) is 0.544. The lowest BCUT2D eigenvalue weighted by atomic mass is 10.3. The summed E-state index contributed by atoms with van der Waals surface area (Å²) in [5, 5.41) is 0. The molecule has 0 aromatic heterocycles. The van der Waals surface area contributed by atoms with E-state index in [1.807, 2.05) is 13.8 Å². The zero-order valence-electron chi connectivity index (χ0n) is 9.67. The third kappa shape index (κ3) is 5.09. The maximum absolute atomic E-state index is 12.0. The lowest BCUT2D eigenvalue weighted by molar-refractivity contribution is 0.378. The van der Waals surface area contributed by atoms with E-state index >= 15 is 0 Å². The van der Waals surface area contributed by atoms with Crippen molar-refractivity contribution in [3.8, 4) is 0 Å². The van der Waals surface area contributed by atoms with E-state index in [4.69, 9.17) is 0 Å². The van der Waals surface area contributed by atoms with Crippen LogP contribution in [0.1, 0.15) is 34.1 Å². The first-order chi connectivity index (χ1) is 7.45. The number of benzene rings is 1. The summed E-state index contributed by atoms with van der Waals surface area (Å²) in [5.41, 5.74) is 0. The van der Waals surface area contributed by atoms with Crippen molar-refractivity contribution in [1.29, 1.82) is 0 Å². The molecular formula is C11H15F5. The van der Waals surface area contributed by atoms with Crippen LogP contribution < -0.4 is 0 Å². The van der Waals surface area contributed by atoms with Crippen molar-refractivity contribution in [2.24, 2.45) is 0 Å². The van der Waals surface area contributed by atoms with Gasteiger partial charge in [0, 0.05) is 6.07 Å². The summed E-state index contributed by atoms with van der Waals surface area (Å²) in [5.74, 6) is -9.65. The first-order valence-electron chi connectivity index (χ1n) is 4.94. The first kappa shape index (κ1) is 17.3. The average molecular weight is 242 g/mol. The van der Waals surface area contributed by atoms with Crippen molar-refractivity contribution >= 4 is 0 Å². The van der Waals surface area contributed by atoms with Crippen LogP contribution >= 0.6 is 0 Å². The van der Waals surface area contributed by atoms with Gasteiger partial charge in [-0.3, -0.25) is 0 Å². The lowest BCUT2D eigenvalue weighted by Gasteiger charge is -1.96. The molecule has 0 saturated heterocycles. The van der Waals surface area contributed by atoms with Crippen LogP contribution in [0.2, 0.25) is 0 Å². The van der Waals surface area contributed by atoms with Crippen LogP contribution in [0.4, 0.5) is 22.0 Å². The van der Waals surface area contributed by atoms with E-state index in [9.17, 15) is 22.0 Å². The van der Waals surface area contributed by atoms with E-state index in [2.05, 4.69) is 13.8 Å². The van der Waals surface area contributed by atoms with Gasteiger partial charge >= 0.3 is 0 Å². The summed E-state index contributed by atoms with van der Waals surface area (Å²) >= 11 is 0. The van der Waals surface area contributed by atoms with Crippen molar-refractivity contribution in [2.45, 2.75) is 34.1 Å². The van der Waals surface area contributed by atoms with Crippen molar-refractivity contribution in [3.05, 3.63) is 35.2 Å². The molecule has 1 rings (SSSR count). The molecule has 0 unspecified atom stereocenters. The van der Waals surface area contributed by atoms with Gasteiger partial charge in [0.2, 0.25) is 5.82 Å². The standard InChI is InChI=1S/C6HF5.C3H8.C2H6/c7-2-1-3(8)5(10)6(11)4(2)9;1-3-2;1-2/h1H;3H2,1-2H3;1-2H3. The number of hydrogen-bond donors (Lipinski definition) is 0. The topological polar surface area (TPSA) is 0 Å². The number of hydrogen-bond acceptors (Lipinski definition) is 0. The third-order valence-corrected chi connectivity index (χ3v) is 1.06. The Morgan fingerprint density at radius 2 is 1.00 bits per heavy atom. The molecule has 0 aliphatic carbocycles. The van der Waals surface area contributed by atoms with Gasteiger partial charge in [0.25, 0.3) is 0 Å².